The number of benzene rings is 1. The van der Waals surface area contributed by atoms with Gasteiger partial charge in [-0.1, -0.05) is 12.1 Å². The second-order valence-corrected chi connectivity index (χ2v) is 9.17. The molecule has 4 rings (SSSR count). The lowest BCUT2D eigenvalue weighted by molar-refractivity contribution is -0.137. The number of ether oxygens (including phenoxy) is 1. The number of carbonyl (C=O) groups excluding carboxylic acids is 2. The van der Waals surface area contributed by atoms with E-state index in [0.717, 1.165) is 23.5 Å². The molecule has 0 bridgehead atoms. The number of hydrazone groups is 1. The number of hydrogen-bond donors (Lipinski definition) is 3. The fourth-order valence-electron chi connectivity index (χ4n) is 3.60. The minimum absolute atomic E-state index is 0.0504. The first-order valence-electron chi connectivity index (χ1n) is 11.1. The third-order valence-electron chi connectivity index (χ3n) is 5.50. The summed E-state index contributed by atoms with van der Waals surface area (Å²) in [7, 11) is 1.53. The zero-order valence-corrected chi connectivity index (χ0v) is 20.6. The lowest BCUT2D eigenvalue weighted by Crippen LogP contribution is -2.48. The number of hydrogen-bond acceptors (Lipinski definition) is 8. The molecule has 0 spiro atoms. The Hall–Kier alpha value is -3.75. The zero-order chi connectivity index (χ0) is 26.7. The lowest BCUT2D eigenvalue weighted by Gasteiger charge is -2.26. The Bertz CT molecular complexity index is 1330. The van der Waals surface area contributed by atoms with Crippen LogP contribution in [-0.4, -0.2) is 63.7 Å². The summed E-state index contributed by atoms with van der Waals surface area (Å²) in [5.41, 5.74) is 5.06. The zero-order valence-electron chi connectivity index (χ0n) is 19.8. The first-order chi connectivity index (χ1) is 17.5. The molecule has 0 saturated carbocycles. The minimum Gasteiger partial charge on any atom is -0.504 e. The predicted octanol–water partition coefficient (Wildman–Crippen LogP) is 3.00. The number of hydrazine groups is 1. The quantitative estimate of drug-likeness (QED) is 0.329. The van der Waals surface area contributed by atoms with Gasteiger partial charge >= 0.3 is 6.18 Å². The Morgan fingerprint density at radius 2 is 1.70 bits per heavy atom. The maximum absolute atomic E-state index is 12.9. The number of nitrogens with one attached hydrogen (secondary N) is 2. The molecule has 196 valence electrons. The molecule has 0 radical (unpaired) electrons. The highest BCUT2D eigenvalue weighted by Crippen LogP contribution is 2.35. The van der Waals surface area contributed by atoms with Gasteiger partial charge in [-0.25, -0.2) is 10.4 Å². The summed E-state index contributed by atoms with van der Waals surface area (Å²) >= 11 is 0.994. The molecule has 2 amide bonds. The Kier molecular flexibility index (Phi) is 7.61. The molecule has 3 aromatic rings. The van der Waals surface area contributed by atoms with E-state index in [-0.39, 0.29) is 33.6 Å². The monoisotopic (exact) mass is 536 g/mol. The lowest BCUT2D eigenvalue weighted by atomic mass is 10.1. The van der Waals surface area contributed by atoms with Crippen molar-refractivity contribution in [3.8, 4) is 17.0 Å². The van der Waals surface area contributed by atoms with Crippen LogP contribution in [-0.2, 0) is 18.0 Å². The van der Waals surface area contributed by atoms with Crippen LogP contribution in [0.3, 0.4) is 0 Å². The molecule has 14 heteroatoms. The van der Waals surface area contributed by atoms with Crippen LogP contribution in [0.25, 0.3) is 11.3 Å². The molecule has 1 aliphatic rings. The molecular formula is C23H23F3N6O4S. The van der Waals surface area contributed by atoms with Gasteiger partial charge in [-0.15, -0.1) is 11.3 Å². The summed E-state index contributed by atoms with van der Waals surface area (Å²) in [6.07, 6.45) is -4.48. The third kappa shape index (κ3) is 5.98. The number of halogens is 3. The van der Waals surface area contributed by atoms with Crippen molar-refractivity contribution in [2.24, 2.45) is 12.1 Å². The van der Waals surface area contributed by atoms with Crippen molar-refractivity contribution < 1.29 is 32.6 Å². The van der Waals surface area contributed by atoms with Gasteiger partial charge in [0.15, 0.2) is 11.4 Å². The van der Waals surface area contributed by atoms with Gasteiger partial charge in [0.25, 0.3) is 11.8 Å². The third-order valence-corrected chi connectivity index (χ3v) is 6.58. The van der Waals surface area contributed by atoms with Crippen LogP contribution in [0.5, 0.6) is 5.75 Å². The van der Waals surface area contributed by atoms with E-state index in [2.05, 4.69) is 21.1 Å². The molecule has 0 atom stereocenters. The van der Waals surface area contributed by atoms with Crippen molar-refractivity contribution in [2.75, 3.05) is 26.3 Å². The number of aryl methyl sites for hydroxylation is 1. The van der Waals surface area contributed by atoms with E-state index in [4.69, 9.17) is 4.74 Å². The van der Waals surface area contributed by atoms with Crippen molar-refractivity contribution in [2.45, 2.75) is 13.1 Å². The highest BCUT2D eigenvalue weighted by Gasteiger charge is 2.30. The maximum Gasteiger partial charge on any atom is 0.416 e. The molecule has 1 aromatic carbocycles. The van der Waals surface area contributed by atoms with Gasteiger partial charge in [-0.05, 0) is 31.2 Å². The van der Waals surface area contributed by atoms with Crippen LogP contribution >= 0.6 is 11.3 Å². The van der Waals surface area contributed by atoms with Gasteiger partial charge in [0.1, 0.15) is 5.69 Å². The molecule has 1 aliphatic heterocycles. The van der Waals surface area contributed by atoms with Crippen LogP contribution in [0, 0.1) is 0 Å². The van der Waals surface area contributed by atoms with E-state index in [1.807, 2.05) is 0 Å². The van der Waals surface area contributed by atoms with E-state index in [9.17, 15) is 27.9 Å². The number of nitrogens with zero attached hydrogens (tertiary/aromatic N) is 4. The first kappa shape index (κ1) is 26.3. The second-order valence-electron chi connectivity index (χ2n) is 8.09. The summed E-state index contributed by atoms with van der Waals surface area (Å²) in [5, 5.41) is 20.6. The molecule has 3 N–H and O–H groups in total. The summed E-state index contributed by atoms with van der Waals surface area (Å²) < 4.78 is 45.1. The average Bonchev–Trinajstić information content (AvgIpc) is 3.47. The average molecular weight is 537 g/mol. The molecule has 1 saturated heterocycles. The van der Waals surface area contributed by atoms with Crippen LogP contribution in [0.1, 0.15) is 37.5 Å². The van der Waals surface area contributed by atoms with E-state index in [1.54, 1.807) is 5.01 Å². The standard InChI is InChI=1S/C23H23F3N6O4S/c1-13(18-20(33)19(31(2)29-18)14-3-5-15(6-4-14)23(24,25)26)27-28-21(34)16-7-8-17(37-16)22(35)30-32-9-11-36-12-10-32/h3-8,33H,9-12H2,1-2H3,(H,28,34)(H,30,35). The number of alkyl halides is 3. The number of morpholine rings is 1. The Morgan fingerprint density at radius 1 is 1.08 bits per heavy atom. The summed E-state index contributed by atoms with van der Waals surface area (Å²) in [4.78, 5) is 25.6. The molecule has 3 heterocycles. The van der Waals surface area contributed by atoms with Crippen molar-refractivity contribution in [3.05, 3.63) is 57.4 Å². The molecule has 0 unspecified atom stereocenters. The topological polar surface area (TPSA) is 121 Å². The van der Waals surface area contributed by atoms with Gasteiger partial charge in [0.05, 0.1) is 34.2 Å². The summed E-state index contributed by atoms with van der Waals surface area (Å²) in [6.45, 7) is 3.69. The van der Waals surface area contributed by atoms with E-state index >= 15 is 0 Å². The van der Waals surface area contributed by atoms with Gasteiger partial charge in [-0.3, -0.25) is 19.7 Å². The molecule has 1 fully saturated rings. The van der Waals surface area contributed by atoms with Gasteiger partial charge in [-0.2, -0.15) is 23.4 Å². The summed E-state index contributed by atoms with van der Waals surface area (Å²) in [6, 6.07) is 7.34. The summed E-state index contributed by atoms with van der Waals surface area (Å²) in [5.74, 6) is -1.19. The smallest absolute Gasteiger partial charge is 0.416 e. The number of amides is 2. The molecular weight excluding hydrogens is 513 g/mol. The molecule has 2 aromatic heterocycles. The van der Waals surface area contributed by atoms with Gasteiger partial charge < -0.3 is 9.84 Å². The number of rotatable bonds is 6. The fourth-order valence-corrected chi connectivity index (χ4v) is 4.38. The number of aromatic hydroxyl groups is 1. The number of thiophene rings is 1. The van der Waals surface area contributed by atoms with E-state index in [0.29, 0.717) is 36.7 Å². The SMILES string of the molecule is CC(=NNC(=O)c1ccc(C(=O)NN2CCOCC2)s1)c1nn(C)c(-c2ccc(C(F)(F)F)cc2)c1O. The predicted molar refractivity (Wildman–Crippen MR) is 129 cm³/mol. The normalized spacial score (nSPS) is 15.0. The Balaban J connectivity index is 1.44. The van der Waals surface area contributed by atoms with Crippen LogP contribution in [0.15, 0.2) is 41.5 Å². The molecule has 0 aliphatic carbocycles. The minimum atomic E-state index is -4.48. The number of carbonyl (C=O) groups is 2. The molecule has 10 nitrogen and oxygen atoms in total. The van der Waals surface area contributed by atoms with Crippen LogP contribution in [0.4, 0.5) is 13.2 Å². The Morgan fingerprint density at radius 3 is 2.32 bits per heavy atom. The van der Waals surface area contributed by atoms with E-state index in [1.165, 1.54) is 42.9 Å². The fraction of sp³-hybridized carbons (Fsp3) is 0.304. The Labute approximate surface area is 213 Å². The molecule has 37 heavy (non-hydrogen) atoms. The first-order valence-corrected chi connectivity index (χ1v) is 11.9. The largest absolute Gasteiger partial charge is 0.504 e. The van der Waals surface area contributed by atoms with Gasteiger partial charge in [0, 0.05) is 25.7 Å². The second kappa shape index (κ2) is 10.7. The highest BCUT2D eigenvalue weighted by atomic mass is 32.1. The van der Waals surface area contributed by atoms with Crippen LogP contribution < -0.4 is 10.9 Å². The van der Waals surface area contributed by atoms with Crippen molar-refractivity contribution >= 4 is 28.9 Å². The van der Waals surface area contributed by atoms with Crippen molar-refractivity contribution in [3.63, 3.8) is 0 Å². The van der Waals surface area contributed by atoms with Gasteiger partial charge in [0.2, 0.25) is 0 Å². The van der Waals surface area contributed by atoms with Crippen molar-refractivity contribution in [1.29, 1.82) is 0 Å². The van der Waals surface area contributed by atoms with E-state index < -0.39 is 17.6 Å². The van der Waals surface area contributed by atoms with Crippen LogP contribution in [0.2, 0.25) is 0 Å². The highest BCUT2D eigenvalue weighted by molar-refractivity contribution is 7.15. The maximum atomic E-state index is 12.9. The van der Waals surface area contributed by atoms with Crippen molar-refractivity contribution in [1.82, 2.24) is 25.6 Å². The number of aromatic nitrogens is 2.